The number of nitriles is 1. The SMILES string of the molecule is CCOc1ccc(OCc2nc(C#N)c(N3CCN(c4ccccc4)CC3)o2)cc1. The summed E-state index contributed by atoms with van der Waals surface area (Å²) < 4.78 is 17.1. The number of rotatable bonds is 7. The van der Waals surface area contributed by atoms with Crippen molar-refractivity contribution in [2.75, 3.05) is 42.6 Å². The van der Waals surface area contributed by atoms with Gasteiger partial charge in [-0.25, -0.2) is 0 Å². The summed E-state index contributed by atoms with van der Waals surface area (Å²) in [5, 5.41) is 9.49. The standard InChI is InChI=1S/C23H24N4O3/c1-2-28-19-8-10-20(11-9-19)29-17-22-25-21(16-24)23(30-22)27-14-12-26(13-15-27)18-6-4-3-5-7-18/h3-11H,2,12-15,17H2,1H3. The molecule has 0 atom stereocenters. The summed E-state index contributed by atoms with van der Waals surface area (Å²) in [6, 6.07) is 19.9. The maximum absolute atomic E-state index is 9.49. The Morgan fingerprint density at radius 2 is 1.57 bits per heavy atom. The lowest BCUT2D eigenvalue weighted by molar-refractivity contribution is 0.262. The molecule has 1 aliphatic rings. The Labute approximate surface area is 176 Å². The van der Waals surface area contributed by atoms with Crippen LogP contribution in [0.4, 0.5) is 11.6 Å². The van der Waals surface area contributed by atoms with Gasteiger partial charge in [0.15, 0.2) is 6.61 Å². The fourth-order valence-corrected chi connectivity index (χ4v) is 3.45. The molecule has 7 nitrogen and oxygen atoms in total. The van der Waals surface area contributed by atoms with E-state index in [0.29, 0.717) is 29.8 Å². The van der Waals surface area contributed by atoms with E-state index in [1.165, 1.54) is 5.69 Å². The van der Waals surface area contributed by atoms with E-state index in [2.05, 4.69) is 33.0 Å². The monoisotopic (exact) mass is 404 g/mol. The van der Waals surface area contributed by atoms with E-state index in [4.69, 9.17) is 13.9 Å². The zero-order valence-corrected chi connectivity index (χ0v) is 17.0. The van der Waals surface area contributed by atoms with Crippen LogP contribution in [-0.2, 0) is 6.61 Å². The van der Waals surface area contributed by atoms with Gasteiger partial charge in [-0.3, -0.25) is 0 Å². The van der Waals surface area contributed by atoms with Gasteiger partial charge in [0.25, 0.3) is 0 Å². The molecule has 0 saturated carbocycles. The Balaban J connectivity index is 1.37. The van der Waals surface area contributed by atoms with Crippen LogP contribution in [-0.4, -0.2) is 37.8 Å². The van der Waals surface area contributed by atoms with Gasteiger partial charge >= 0.3 is 0 Å². The van der Waals surface area contributed by atoms with E-state index in [9.17, 15) is 5.26 Å². The number of para-hydroxylation sites is 1. The molecule has 0 aliphatic carbocycles. The van der Waals surface area contributed by atoms with Gasteiger partial charge in [0, 0.05) is 31.9 Å². The average Bonchev–Trinajstić information content (AvgIpc) is 3.23. The second-order valence-electron chi connectivity index (χ2n) is 6.88. The van der Waals surface area contributed by atoms with Crippen LogP contribution in [0, 0.1) is 11.3 Å². The topological polar surface area (TPSA) is 74.8 Å². The number of hydrogen-bond acceptors (Lipinski definition) is 7. The third kappa shape index (κ3) is 4.49. The van der Waals surface area contributed by atoms with E-state index in [-0.39, 0.29) is 6.61 Å². The van der Waals surface area contributed by atoms with Crippen molar-refractivity contribution in [2.45, 2.75) is 13.5 Å². The summed E-state index contributed by atoms with van der Waals surface area (Å²) in [7, 11) is 0. The third-order valence-corrected chi connectivity index (χ3v) is 4.94. The van der Waals surface area contributed by atoms with E-state index in [1.54, 1.807) is 0 Å². The summed E-state index contributed by atoms with van der Waals surface area (Å²) in [6.45, 7) is 5.96. The van der Waals surface area contributed by atoms with Crippen LogP contribution in [0.1, 0.15) is 18.5 Å². The lowest BCUT2D eigenvalue weighted by Crippen LogP contribution is -2.46. The van der Waals surface area contributed by atoms with Crippen LogP contribution < -0.4 is 19.3 Å². The van der Waals surface area contributed by atoms with E-state index < -0.39 is 0 Å². The number of hydrogen-bond donors (Lipinski definition) is 0. The maximum atomic E-state index is 9.49. The first kappa shape index (κ1) is 19.6. The zero-order chi connectivity index (χ0) is 20.8. The quantitative estimate of drug-likeness (QED) is 0.592. The number of ether oxygens (including phenoxy) is 2. The van der Waals surface area contributed by atoms with Crippen molar-refractivity contribution in [3.8, 4) is 17.6 Å². The molecular weight excluding hydrogens is 380 g/mol. The molecule has 1 aliphatic heterocycles. The van der Waals surface area contributed by atoms with E-state index in [1.807, 2.05) is 49.4 Å². The molecule has 1 aromatic heterocycles. The van der Waals surface area contributed by atoms with Gasteiger partial charge in [-0.1, -0.05) is 18.2 Å². The molecule has 0 radical (unpaired) electrons. The van der Waals surface area contributed by atoms with Gasteiger partial charge in [-0.05, 0) is 43.3 Å². The molecule has 3 aromatic rings. The Morgan fingerprint density at radius 1 is 0.933 bits per heavy atom. The minimum atomic E-state index is 0.159. The summed E-state index contributed by atoms with van der Waals surface area (Å²) in [5.41, 5.74) is 1.51. The largest absolute Gasteiger partial charge is 0.494 e. The lowest BCUT2D eigenvalue weighted by atomic mass is 10.2. The van der Waals surface area contributed by atoms with Crippen LogP contribution in [0.2, 0.25) is 0 Å². The first-order valence-electron chi connectivity index (χ1n) is 10.1. The fourth-order valence-electron chi connectivity index (χ4n) is 3.45. The first-order chi connectivity index (χ1) is 14.8. The molecule has 0 amide bonds. The second kappa shape index (κ2) is 9.23. The Morgan fingerprint density at radius 3 is 2.20 bits per heavy atom. The van der Waals surface area contributed by atoms with Crippen molar-refractivity contribution in [1.29, 1.82) is 5.26 Å². The smallest absolute Gasteiger partial charge is 0.236 e. The van der Waals surface area contributed by atoms with Crippen molar-refractivity contribution in [2.24, 2.45) is 0 Å². The molecule has 0 N–H and O–H groups in total. The summed E-state index contributed by atoms with van der Waals surface area (Å²) in [6.07, 6.45) is 0. The highest BCUT2D eigenvalue weighted by atomic mass is 16.5. The molecular formula is C23H24N4O3. The molecule has 0 unspecified atom stereocenters. The number of anilines is 2. The molecule has 154 valence electrons. The van der Waals surface area contributed by atoms with Gasteiger partial charge in [0.2, 0.25) is 17.5 Å². The molecule has 0 spiro atoms. The minimum absolute atomic E-state index is 0.159. The molecule has 1 fully saturated rings. The van der Waals surface area contributed by atoms with Crippen molar-refractivity contribution in [3.63, 3.8) is 0 Å². The number of oxazole rings is 1. The summed E-state index contributed by atoms with van der Waals surface area (Å²) in [5.74, 6) is 2.40. The highest BCUT2D eigenvalue weighted by molar-refractivity contribution is 5.52. The van der Waals surface area contributed by atoms with E-state index >= 15 is 0 Å². The van der Waals surface area contributed by atoms with Gasteiger partial charge in [-0.15, -0.1) is 0 Å². The number of nitrogens with zero attached hydrogens (tertiary/aromatic N) is 4. The maximum Gasteiger partial charge on any atom is 0.236 e. The molecule has 0 bridgehead atoms. The molecule has 1 saturated heterocycles. The molecule has 30 heavy (non-hydrogen) atoms. The molecule has 7 heteroatoms. The van der Waals surface area contributed by atoms with Gasteiger partial charge in [0.05, 0.1) is 6.61 Å². The highest BCUT2D eigenvalue weighted by Gasteiger charge is 2.24. The number of benzene rings is 2. The van der Waals surface area contributed by atoms with Crippen molar-refractivity contribution >= 4 is 11.6 Å². The highest BCUT2D eigenvalue weighted by Crippen LogP contribution is 2.26. The number of piperazine rings is 1. The Bertz CT molecular complexity index is 988. The zero-order valence-electron chi connectivity index (χ0n) is 17.0. The van der Waals surface area contributed by atoms with Crippen molar-refractivity contribution < 1.29 is 13.9 Å². The summed E-state index contributed by atoms with van der Waals surface area (Å²) >= 11 is 0. The van der Waals surface area contributed by atoms with Gasteiger partial charge < -0.3 is 23.7 Å². The van der Waals surface area contributed by atoms with Gasteiger partial charge in [-0.2, -0.15) is 10.2 Å². The summed E-state index contributed by atoms with van der Waals surface area (Å²) in [4.78, 5) is 8.71. The number of aromatic nitrogens is 1. The van der Waals surface area contributed by atoms with Crippen LogP contribution in [0.3, 0.4) is 0 Å². The van der Waals surface area contributed by atoms with Crippen LogP contribution >= 0.6 is 0 Å². The second-order valence-corrected chi connectivity index (χ2v) is 6.88. The fraction of sp³-hybridized carbons (Fsp3) is 0.304. The molecule has 2 aromatic carbocycles. The molecule has 4 rings (SSSR count). The third-order valence-electron chi connectivity index (χ3n) is 4.94. The van der Waals surface area contributed by atoms with Crippen molar-refractivity contribution in [1.82, 2.24) is 4.98 Å². The Kier molecular flexibility index (Phi) is 6.04. The van der Waals surface area contributed by atoms with E-state index in [0.717, 1.165) is 31.9 Å². The van der Waals surface area contributed by atoms with Crippen molar-refractivity contribution in [3.05, 3.63) is 66.2 Å². The first-order valence-corrected chi connectivity index (χ1v) is 10.1. The van der Waals surface area contributed by atoms with Crippen LogP contribution in [0.5, 0.6) is 11.5 Å². The predicted molar refractivity (Wildman–Crippen MR) is 114 cm³/mol. The minimum Gasteiger partial charge on any atom is -0.494 e. The van der Waals surface area contributed by atoms with Crippen LogP contribution in [0.15, 0.2) is 59.0 Å². The molecule has 2 heterocycles. The van der Waals surface area contributed by atoms with Crippen LogP contribution in [0.25, 0.3) is 0 Å². The Hall–Kier alpha value is -3.66. The van der Waals surface area contributed by atoms with Gasteiger partial charge in [0.1, 0.15) is 17.6 Å². The predicted octanol–water partition coefficient (Wildman–Crippen LogP) is 3.85. The normalized spacial score (nSPS) is 13.7. The lowest BCUT2D eigenvalue weighted by Gasteiger charge is -2.35. The average molecular weight is 404 g/mol.